The Morgan fingerprint density at radius 2 is 1.64 bits per heavy atom. The van der Waals surface area contributed by atoms with Crippen molar-refractivity contribution in [3.8, 4) is 17.2 Å². The molecule has 4 rings (SSSR count). The second-order valence-electron chi connectivity index (χ2n) is 6.47. The van der Waals surface area contributed by atoms with Gasteiger partial charge in [0.2, 0.25) is 5.91 Å². The number of nitrogens with one attached hydrogen (secondary N) is 1. The third-order valence-electron chi connectivity index (χ3n) is 4.74. The zero-order chi connectivity index (χ0) is 19.7. The summed E-state index contributed by atoms with van der Waals surface area (Å²) in [6.07, 6.45) is 0. The smallest absolute Gasteiger partial charge is 0.235 e. The average Bonchev–Trinajstić information content (AvgIpc) is 2.93. The van der Waals surface area contributed by atoms with Gasteiger partial charge in [0, 0.05) is 5.56 Å². The number of aromatic nitrogens is 2. The van der Waals surface area contributed by atoms with Crippen LogP contribution in [0.25, 0.3) is 5.69 Å². The molecule has 3 aromatic rings. The third kappa shape index (κ3) is 3.33. The number of aryl methyl sites for hydroxylation is 1. The Morgan fingerprint density at radius 1 is 1.04 bits per heavy atom. The molecule has 0 bridgehead atoms. The van der Waals surface area contributed by atoms with Crippen molar-refractivity contribution in [2.45, 2.75) is 12.2 Å². The topological polar surface area (TPSA) is 65.4 Å². The number of anilines is 1. The van der Waals surface area contributed by atoms with Crippen LogP contribution in [0.1, 0.15) is 22.1 Å². The number of hydrogen-bond donors (Lipinski definition) is 1. The number of benzene rings is 2. The Morgan fingerprint density at radius 3 is 2.25 bits per heavy atom. The van der Waals surface area contributed by atoms with Crippen LogP contribution in [0.4, 0.5) is 5.82 Å². The van der Waals surface area contributed by atoms with Gasteiger partial charge in [-0.25, -0.2) is 4.68 Å². The van der Waals surface area contributed by atoms with E-state index in [1.54, 1.807) is 30.7 Å². The normalized spacial score (nSPS) is 16.1. The molecule has 144 valence electrons. The van der Waals surface area contributed by atoms with Gasteiger partial charge in [0.1, 0.15) is 17.3 Å². The molecule has 1 aromatic heterocycles. The lowest BCUT2D eigenvalue weighted by Crippen LogP contribution is -2.15. The van der Waals surface area contributed by atoms with E-state index in [1.165, 1.54) is 0 Å². The summed E-state index contributed by atoms with van der Waals surface area (Å²) < 4.78 is 12.3. The molecule has 1 aliphatic rings. The first kappa shape index (κ1) is 18.4. The van der Waals surface area contributed by atoms with Crippen molar-refractivity contribution in [3.05, 3.63) is 65.4 Å². The Kier molecular flexibility index (Phi) is 5.00. The van der Waals surface area contributed by atoms with Crippen molar-refractivity contribution in [3.63, 3.8) is 0 Å². The van der Waals surface area contributed by atoms with E-state index in [0.29, 0.717) is 5.75 Å². The standard InChI is InChI=1S/C21H21N3O3S/c1-13-19-20(14-4-8-16(26-2)9-5-14)28-12-18(25)22-21(19)24(23-13)15-6-10-17(27-3)11-7-15/h4-11,20H,12H2,1-3H3,(H,22,25)/t20-/m0/s1. The fraction of sp³-hybridized carbons (Fsp3) is 0.238. The van der Waals surface area contributed by atoms with Crippen molar-refractivity contribution in [1.82, 2.24) is 9.78 Å². The summed E-state index contributed by atoms with van der Waals surface area (Å²) in [7, 11) is 3.29. The molecule has 0 aliphatic carbocycles. The number of thioether (sulfide) groups is 1. The molecule has 0 fully saturated rings. The highest BCUT2D eigenvalue weighted by atomic mass is 32.2. The first-order valence-corrected chi connectivity index (χ1v) is 9.95. The molecule has 1 atom stereocenters. The van der Waals surface area contributed by atoms with E-state index in [-0.39, 0.29) is 11.2 Å². The van der Waals surface area contributed by atoms with Gasteiger partial charge in [-0.3, -0.25) is 4.79 Å². The molecule has 1 N–H and O–H groups in total. The molecule has 2 heterocycles. The van der Waals surface area contributed by atoms with E-state index >= 15 is 0 Å². The predicted octanol–water partition coefficient (Wildman–Crippen LogP) is 3.97. The monoisotopic (exact) mass is 395 g/mol. The summed E-state index contributed by atoms with van der Waals surface area (Å²) in [5.41, 5.74) is 3.89. The highest BCUT2D eigenvalue weighted by molar-refractivity contribution is 8.00. The van der Waals surface area contributed by atoms with Gasteiger partial charge in [-0.15, -0.1) is 11.8 Å². The van der Waals surface area contributed by atoms with Gasteiger partial charge in [0.25, 0.3) is 0 Å². The summed E-state index contributed by atoms with van der Waals surface area (Å²) >= 11 is 1.60. The van der Waals surface area contributed by atoms with Gasteiger partial charge in [-0.2, -0.15) is 5.10 Å². The van der Waals surface area contributed by atoms with Crippen LogP contribution in [0.15, 0.2) is 48.5 Å². The molecule has 0 saturated carbocycles. The van der Waals surface area contributed by atoms with Gasteiger partial charge >= 0.3 is 0 Å². The van der Waals surface area contributed by atoms with Crippen LogP contribution < -0.4 is 14.8 Å². The largest absolute Gasteiger partial charge is 0.497 e. The molecular formula is C21H21N3O3S. The minimum atomic E-state index is -0.0306. The third-order valence-corrected chi connectivity index (χ3v) is 6.01. The zero-order valence-electron chi connectivity index (χ0n) is 15.9. The van der Waals surface area contributed by atoms with Gasteiger partial charge in [0.15, 0.2) is 0 Å². The lowest BCUT2D eigenvalue weighted by Gasteiger charge is -2.16. The van der Waals surface area contributed by atoms with Crippen LogP contribution in [0.5, 0.6) is 11.5 Å². The summed E-state index contributed by atoms with van der Waals surface area (Å²) in [6.45, 7) is 1.98. The summed E-state index contributed by atoms with van der Waals surface area (Å²) in [5.74, 6) is 2.65. The zero-order valence-corrected chi connectivity index (χ0v) is 16.7. The van der Waals surface area contributed by atoms with Crippen molar-refractivity contribution in [1.29, 1.82) is 0 Å². The van der Waals surface area contributed by atoms with Gasteiger partial charge < -0.3 is 14.8 Å². The van der Waals surface area contributed by atoms with Crippen LogP contribution in [0.3, 0.4) is 0 Å². The molecule has 0 radical (unpaired) electrons. The molecule has 0 unspecified atom stereocenters. The SMILES string of the molecule is COc1ccc([C@@H]2SCC(=O)Nc3c2c(C)nn3-c2ccc(OC)cc2)cc1. The van der Waals surface area contributed by atoms with E-state index in [4.69, 9.17) is 14.6 Å². The van der Waals surface area contributed by atoms with Crippen LogP contribution in [0, 0.1) is 6.92 Å². The van der Waals surface area contributed by atoms with Gasteiger partial charge in [-0.05, 0) is 48.9 Å². The number of carbonyl (C=O) groups excluding carboxylic acids is 1. The van der Waals surface area contributed by atoms with Crippen LogP contribution in [-0.4, -0.2) is 35.7 Å². The maximum absolute atomic E-state index is 12.4. The van der Waals surface area contributed by atoms with E-state index < -0.39 is 0 Å². The average molecular weight is 395 g/mol. The van der Waals surface area contributed by atoms with Crippen LogP contribution >= 0.6 is 11.8 Å². The maximum Gasteiger partial charge on any atom is 0.235 e. The van der Waals surface area contributed by atoms with E-state index in [2.05, 4.69) is 5.32 Å². The van der Waals surface area contributed by atoms with Crippen molar-refractivity contribution in [2.75, 3.05) is 25.3 Å². The molecule has 6 nitrogen and oxygen atoms in total. The number of amides is 1. The second-order valence-corrected chi connectivity index (χ2v) is 7.56. The number of carbonyl (C=O) groups is 1. The Bertz CT molecular complexity index is 997. The lowest BCUT2D eigenvalue weighted by atomic mass is 10.0. The highest BCUT2D eigenvalue weighted by Gasteiger charge is 2.30. The van der Waals surface area contributed by atoms with Crippen molar-refractivity contribution < 1.29 is 14.3 Å². The Labute approximate surface area is 167 Å². The van der Waals surface area contributed by atoms with Gasteiger partial charge in [-0.1, -0.05) is 12.1 Å². The predicted molar refractivity (Wildman–Crippen MR) is 111 cm³/mol. The highest BCUT2D eigenvalue weighted by Crippen LogP contribution is 2.44. The van der Waals surface area contributed by atoms with E-state index in [9.17, 15) is 4.79 Å². The number of rotatable bonds is 4. The van der Waals surface area contributed by atoms with E-state index in [1.807, 2.05) is 55.5 Å². The van der Waals surface area contributed by atoms with E-state index in [0.717, 1.165) is 39.8 Å². The van der Waals surface area contributed by atoms with Crippen molar-refractivity contribution in [2.24, 2.45) is 0 Å². The minimum absolute atomic E-state index is 0.00635. The summed E-state index contributed by atoms with van der Waals surface area (Å²) in [4.78, 5) is 12.4. The summed E-state index contributed by atoms with van der Waals surface area (Å²) in [6, 6.07) is 15.6. The molecule has 1 amide bonds. The number of fused-ring (bicyclic) bond motifs is 1. The molecule has 7 heteroatoms. The number of hydrogen-bond acceptors (Lipinski definition) is 5. The molecule has 0 spiro atoms. The lowest BCUT2D eigenvalue weighted by molar-refractivity contribution is -0.113. The minimum Gasteiger partial charge on any atom is -0.497 e. The first-order valence-electron chi connectivity index (χ1n) is 8.90. The number of ether oxygens (including phenoxy) is 2. The quantitative estimate of drug-likeness (QED) is 0.724. The summed E-state index contributed by atoms with van der Waals surface area (Å²) in [5, 5.41) is 7.78. The number of nitrogens with zero attached hydrogens (tertiary/aromatic N) is 2. The maximum atomic E-state index is 12.4. The molecule has 1 aliphatic heterocycles. The van der Waals surface area contributed by atoms with Crippen LogP contribution in [-0.2, 0) is 4.79 Å². The second kappa shape index (κ2) is 7.59. The van der Waals surface area contributed by atoms with Gasteiger partial charge in [0.05, 0.1) is 36.6 Å². The van der Waals surface area contributed by atoms with Crippen LogP contribution in [0.2, 0.25) is 0 Å². The molecule has 28 heavy (non-hydrogen) atoms. The van der Waals surface area contributed by atoms with Crippen molar-refractivity contribution >= 4 is 23.5 Å². The molecule has 2 aromatic carbocycles. The first-order chi connectivity index (χ1) is 13.6. The molecule has 0 saturated heterocycles. The Hall–Kier alpha value is -2.93. The fourth-order valence-electron chi connectivity index (χ4n) is 3.34. The fourth-order valence-corrected chi connectivity index (χ4v) is 4.52. The Balaban J connectivity index is 1.82. The molecular weight excluding hydrogens is 374 g/mol. The number of methoxy groups -OCH3 is 2.